The van der Waals surface area contributed by atoms with E-state index in [2.05, 4.69) is 24.5 Å². The predicted molar refractivity (Wildman–Crippen MR) is 43.6 cm³/mol. The molecular formula is C6H9NO3S. The molecule has 0 radical (unpaired) electrons. The Labute approximate surface area is 69.7 Å². The van der Waals surface area contributed by atoms with E-state index < -0.39 is 17.9 Å². The maximum atomic E-state index is 10.6. The molecule has 62 valence electrons. The van der Waals surface area contributed by atoms with E-state index in [0.29, 0.717) is 0 Å². The summed E-state index contributed by atoms with van der Waals surface area (Å²) in [5.41, 5.74) is 0. The maximum absolute atomic E-state index is 10.6. The molecule has 0 saturated carbocycles. The molecular weight excluding hydrogens is 166 g/mol. The van der Waals surface area contributed by atoms with Crippen molar-refractivity contribution in [1.82, 2.24) is 5.32 Å². The summed E-state index contributed by atoms with van der Waals surface area (Å²) < 4.78 is 0. The summed E-state index contributed by atoms with van der Waals surface area (Å²) in [5, 5.41) is 10.6. The Kier molecular flexibility index (Phi) is 4.36. The lowest BCUT2D eigenvalue weighted by Crippen LogP contribution is -2.41. The lowest BCUT2D eigenvalue weighted by molar-refractivity contribution is -0.140. The van der Waals surface area contributed by atoms with Gasteiger partial charge in [0, 0.05) is 5.75 Å². The van der Waals surface area contributed by atoms with Crippen LogP contribution in [0.2, 0.25) is 0 Å². The Morgan fingerprint density at radius 1 is 1.73 bits per heavy atom. The summed E-state index contributed by atoms with van der Waals surface area (Å²) >= 11 is 3.74. The molecule has 4 nitrogen and oxygen atoms in total. The number of hydrogen-bond acceptors (Lipinski definition) is 3. The van der Waals surface area contributed by atoms with Crippen molar-refractivity contribution in [3.8, 4) is 0 Å². The van der Waals surface area contributed by atoms with Crippen LogP contribution in [0.3, 0.4) is 0 Å². The van der Waals surface area contributed by atoms with Gasteiger partial charge in [-0.1, -0.05) is 6.58 Å². The van der Waals surface area contributed by atoms with Crippen LogP contribution in [0.5, 0.6) is 0 Å². The fourth-order valence-electron chi connectivity index (χ4n) is 0.416. The Morgan fingerprint density at radius 2 is 2.27 bits per heavy atom. The Balaban J connectivity index is 3.97. The Hall–Kier alpha value is -0.970. The molecule has 0 bridgehead atoms. The number of thiol groups is 1. The van der Waals surface area contributed by atoms with Gasteiger partial charge in [0.05, 0.1) is 0 Å². The van der Waals surface area contributed by atoms with Crippen molar-refractivity contribution in [2.45, 2.75) is 6.04 Å². The van der Waals surface area contributed by atoms with Crippen molar-refractivity contribution >= 4 is 24.5 Å². The van der Waals surface area contributed by atoms with Crippen LogP contribution in [0, 0.1) is 0 Å². The first-order valence-electron chi connectivity index (χ1n) is 2.88. The topological polar surface area (TPSA) is 66.4 Å². The van der Waals surface area contributed by atoms with E-state index in [1.807, 2.05) is 0 Å². The standard InChI is InChI=1S/C6H9NO3S/c1-2-5(8)7-4(3-11)6(9)10/h2,4,11H,1,3H2,(H,7,8)(H,9,10)/t4-/m0/s1. The third-order valence-corrected chi connectivity index (χ3v) is 1.35. The molecule has 11 heavy (non-hydrogen) atoms. The van der Waals surface area contributed by atoms with E-state index in [4.69, 9.17) is 5.11 Å². The van der Waals surface area contributed by atoms with Gasteiger partial charge in [-0.3, -0.25) is 4.79 Å². The first kappa shape index (κ1) is 10.0. The number of rotatable bonds is 4. The van der Waals surface area contributed by atoms with E-state index in [-0.39, 0.29) is 5.75 Å². The molecule has 0 unspecified atom stereocenters. The molecule has 0 spiro atoms. The van der Waals surface area contributed by atoms with Gasteiger partial charge in [0.1, 0.15) is 6.04 Å². The summed E-state index contributed by atoms with van der Waals surface area (Å²) in [6.45, 7) is 3.18. The van der Waals surface area contributed by atoms with Gasteiger partial charge in [-0.2, -0.15) is 12.6 Å². The van der Waals surface area contributed by atoms with Gasteiger partial charge in [-0.25, -0.2) is 4.79 Å². The van der Waals surface area contributed by atoms with Gasteiger partial charge in [0.2, 0.25) is 5.91 Å². The minimum Gasteiger partial charge on any atom is -0.480 e. The van der Waals surface area contributed by atoms with E-state index in [1.54, 1.807) is 0 Å². The van der Waals surface area contributed by atoms with Crippen LogP contribution in [0.15, 0.2) is 12.7 Å². The summed E-state index contributed by atoms with van der Waals surface area (Å²) in [5.74, 6) is -1.55. The van der Waals surface area contributed by atoms with Crippen LogP contribution in [-0.2, 0) is 9.59 Å². The molecule has 0 saturated heterocycles. The average Bonchev–Trinajstić information content (AvgIpc) is 1.99. The highest BCUT2D eigenvalue weighted by Crippen LogP contribution is 1.87. The first-order valence-corrected chi connectivity index (χ1v) is 3.51. The number of carboxylic acids is 1. The van der Waals surface area contributed by atoms with Crippen molar-refractivity contribution in [3.05, 3.63) is 12.7 Å². The lowest BCUT2D eigenvalue weighted by Gasteiger charge is -2.08. The van der Waals surface area contributed by atoms with Crippen molar-refractivity contribution in [1.29, 1.82) is 0 Å². The van der Waals surface area contributed by atoms with Crippen molar-refractivity contribution in [3.63, 3.8) is 0 Å². The van der Waals surface area contributed by atoms with E-state index in [0.717, 1.165) is 6.08 Å². The molecule has 5 heteroatoms. The van der Waals surface area contributed by atoms with Gasteiger partial charge < -0.3 is 10.4 Å². The molecule has 1 atom stereocenters. The van der Waals surface area contributed by atoms with Gasteiger partial charge in [-0.15, -0.1) is 0 Å². The quantitative estimate of drug-likeness (QED) is 0.405. The zero-order chi connectivity index (χ0) is 8.85. The molecule has 0 aliphatic heterocycles. The van der Waals surface area contributed by atoms with Crippen molar-refractivity contribution in [2.75, 3.05) is 5.75 Å². The van der Waals surface area contributed by atoms with Crippen LogP contribution in [-0.4, -0.2) is 28.8 Å². The highest BCUT2D eigenvalue weighted by Gasteiger charge is 2.15. The highest BCUT2D eigenvalue weighted by molar-refractivity contribution is 7.80. The van der Waals surface area contributed by atoms with Gasteiger partial charge in [-0.05, 0) is 6.08 Å². The molecule has 0 rings (SSSR count). The third kappa shape index (κ3) is 3.67. The van der Waals surface area contributed by atoms with E-state index in [1.165, 1.54) is 0 Å². The second-order valence-electron chi connectivity index (χ2n) is 1.79. The molecule has 0 aliphatic carbocycles. The minimum atomic E-state index is -1.10. The fraction of sp³-hybridized carbons (Fsp3) is 0.333. The van der Waals surface area contributed by atoms with E-state index >= 15 is 0 Å². The number of carboxylic acid groups (broad SMARTS) is 1. The van der Waals surface area contributed by atoms with Crippen molar-refractivity contribution in [2.24, 2.45) is 0 Å². The number of carbonyl (C=O) groups excluding carboxylic acids is 1. The molecule has 0 fully saturated rings. The SMILES string of the molecule is C=CC(=O)N[C@@H](CS)C(=O)O. The molecule has 0 aliphatic rings. The largest absolute Gasteiger partial charge is 0.480 e. The molecule has 1 amide bonds. The first-order chi connectivity index (χ1) is 5.11. The Morgan fingerprint density at radius 3 is 2.55 bits per heavy atom. The summed E-state index contributed by atoms with van der Waals surface area (Å²) in [6, 6.07) is -0.941. The van der Waals surface area contributed by atoms with Crippen molar-refractivity contribution < 1.29 is 14.7 Å². The van der Waals surface area contributed by atoms with Crippen LogP contribution in [0.1, 0.15) is 0 Å². The zero-order valence-corrected chi connectivity index (χ0v) is 6.67. The molecule has 0 heterocycles. The number of nitrogens with one attached hydrogen (secondary N) is 1. The number of carbonyl (C=O) groups is 2. The fourth-order valence-corrected chi connectivity index (χ4v) is 0.664. The molecule has 2 N–H and O–H groups in total. The van der Waals surface area contributed by atoms with Crippen LogP contribution >= 0.6 is 12.6 Å². The predicted octanol–water partition coefficient (Wildman–Crippen LogP) is -0.328. The van der Waals surface area contributed by atoms with E-state index in [9.17, 15) is 9.59 Å². The normalized spacial score (nSPS) is 11.7. The summed E-state index contributed by atoms with van der Waals surface area (Å²) in [4.78, 5) is 20.8. The van der Waals surface area contributed by atoms with Gasteiger partial charge in [0.15, 0.2) is 0 Å². The highest BCUT2D eigenvalue weighted by atomic mass is 32.1. The Bertz CT molecular complexity index is 181. The maximum Gasteiger partial charge on any atom is 0.327 e. The number of hydrogen-bond donors (Lipinski definition) is 3. The molecule has 0 aromatic carbocycles. The number of amides is 1. The van der Waals surface area contributed by atoms with Crippen LogP contribution in [0.25, 0.3) is 0 Å². The smallest absolute Gasteiger partial charge is 0.327 e. The van der Waals surface area contributed by atoms with Crippen LogP contribution < -0.4 is 5.32 Å². The average molecular weight is 175 g/mol. The second-order valence-corrected chi connectivity index (χ2v) is 2.15. The third-order valence-electron chi connectivity index (χ3n) is 0.983. The minimum absolute atomic E-state index is 0.0644. The summed E-state index contributed by atoms with van der Waals surface area (Å²) in [6.07, 6.45) is 1.01. The summed E-state index contributed by atoms with van der Waals surface area (Å²) in [7, 11) is 0. The molecule has 0 aromatic rings. The zero-order valence-electron chi connectivity index (χ0n) is 5.78. The van der Waals surface area contributed by atoms with Gasteiger partial charge >= 0.3 is 5.97 Å². The lowest BCUT2D eigenvalue weighted by atomic mass is 10.3. The van der Waals surface area contributed by atoms with Gasteiger partial charge in [0.25, 0.3) is 0 Å². The van der Waals surface area contributed by atoms with Crippen LogP contribution in [0.4, 0.5) is 0 Å². The number of aliphatic carboxylic acids is 1. The second kappa shape index (κ2) is 4.79. The monoisotopic (exact) mass is 175 g/mol. The molecule has 0 aromatic heterocycles.